The number of rotatable bonds is 2. The maximum atomic E-state index is 9.18. The normalized spacial score (nSPS) is 38.7. The summed E-state index contributed by atoms with van der Waals surface area (Å²) in [6.45, 7) is 0.346. The van der Waals surface area contributed by atoms with Gasteiger partial charge < -0.3 is 5.11 Å². The Morgan fingerprint density at radius 2 is 1.86 bits per heavy atom. The van der Waals surface area contributed by atoms with Crippen molar-refractivity contribution in [3.05, 3.63) is 34.9 Å². The molecule has 3 fully saturated rings. The molecule has 1 aromatic carbocycles. The first-order valence-electron chi connectivity index (χ1n) is 5.06. The van der Waals surface area contributed by atoms with E-state index in [1.54, 1.807) is 0 Å². The minimum atomic E-state index is 0.263. The van der Waals surface area contributed by atoms with E-state index >= 15 is 0 Å². The lowest BCUT2D eigenvalue weighted by Crippen LogP contribution is -2.66. The van der Waals surface area contributed by atoms with Gasteiger partial charge in [-0.15, -0.1) is 0 Å². The first-order chi connectivity index (χ1) is 6.70. The summed E-state index contributed by atoms with van der Waals surface area (Å²) in [7, 11) is 0. The SMILES string of the molecule is OCC12CC(c3ccccc3Cl)(C1)C2. The maximum Gasteiger partial charge on any atom is 0.0488 e. The van der Waals surface area contributed by atoms with Crippen molar-refractivity contribution < 1.29 is 5.11 Å². The van der Waals surface area contributed by atoms with E-state index in [1.165, 1.54) is 5.56 Å². The molecule has 0 unspecified atom stereocenters. The van der Waals surface area contributed by atoms with Gasteiger partial charge in [0.05, 0.1) is 0 Å². The fourth-order valence-corrected chi connectivity index (χ4v) is 3.68. The molecule has 0 saturated heterocycles. The van der Waals surface area contributed by atoms with Crippen molar-refractivity contribution in [1.82, 2.24) is 0 Å². The minimum absolute atomic E-state index is 0.263. The number of hydrogen-bond acceptors (Lipinski definition) is 1. The second-order valence-electron chi connectivity index (χ2n) is 4.95. The standard InChI is InChI=1S/C12H13ClO/c13-10-4-2-1-3-9(10)12-5-11(6-12,7-12)8-14/h1-4,14H,5-8H2. The largest absolute Gasteiger partial charge is 0.396 e. The summed E-state index contributed by atoms with van der Waals surface area (Å²) in [5.41, 5.74) is 1.87. The second-order valence-corrected chi connectivity index (χ2v) is 5.36. The molecule has 1 N–H and O–H groups in total. The van der Waals surface area contributed by atoms with Crippen LogP contribution in [0, 0.1) is 5.41 Å². The Morgan fingerprint density at radius 1 is 1.21 bits per heavy atom. The highest BCUT2D eigenvalue weighted by Crippen LogP contribution is 2.73. The van der Waals surface area contributed by atoms with Crippen LogP contribution in [0.1, 0.15) is 24.8 Å². The van der Waals surface area contributed by atoms with Crippen LogP contribution in [-0.4, -0.2) is 11.7 Å². The predicted molar refractivity (Wildman–Crippen MR) is 56.5 cm³/mol. The first kappa shape index (κ1) is 8.75. The van der Waals surface area contributed by atoms with E-state index in [0.717, 1.165) is 24.3 Å². The molecule has 14 heavy (non-hydrogen) atoms. The Bertz CT molecular complexity index is 366. The Balaban J connectivity index is 1.91. The molecule has 0 aliphatic heterocycles. The van der Waals surface area contributed by atoms with Gasteiger partial charge in [0.1, 0.15) is 0 Å². The lowest BCUT2D eigenvalue weighted by Gasteiger charge is -2.70. The van der Waals surface area contributed by atoms with Crippen LogP contribution in [0.2, 0.25) is 5.02 Å². The number of aliphatic hydroxyl groups is 1. The molecular formula is C12H13ClO. The van der Waals surface area contributed by atoms with E-state index in [-0.39, 0.29) is 5.41 Å². The van der Waals surface area contributed by atoms with Crippen molar-refractivity contribution >= 4 is 11.6 Å². The molecule has 3 aliphatic carbocycles. The zero-order valence-corrected chi connectivity index (χ0v) is 8.72. The van der Waals surface area contributed by atoms with Crippen molar-refractivity contribution in [1.29, 1.82) is 0 Å². The smallest absolute Gasteiger partial charge is 0.0488 e. The number of benzene rings is 1. The van der Waals surface area contributed by atoms with Gasteiger partial charge in [-0.1, -0.05) is 29.8 Å². The van der Waals surface area contributed by atoms with E-state index in [2.05, 4.69) is 6.07 Å². The lowest BCUT2D eigenvalue weighted by atomic mass is 9.34. The topological polar surface area (TPSA) is 20.2 Å². The predicted octanol–water partition coefficient (Wildman–Crippen LogP) is 2.75. The van der Waals surface area contributed by atoms with E-state index in [1.807, 2.05) is 18.2 Å². The lowest BCUT2D eigenvalue weighted by molar-refractivity contribution is -0.167. The molecule has 3 saturated carbocycles. The monoisotopic (exact) mass is 208 g/mol. The Kier molecular flexibility index (Phi) is 1.58. The van der Waals surface area contributed by atoms with Gasteiger partial charge >= 0.3 is 0 Å². The fraction of sp³-hybridized carbons (Fsp3) is 0.500. The summed E-state index contributed by atoms with van der Waals surface area (Å²) < 4.78 is 0. The molecule has 0 radical (unpaired) electrons. The van der Waals surface area contributed by atoms with E-state index < -0.39 is 0 Å². The second kappa shape index (κ2) is 2.53. The van der Waals surface area contributed by atoms with Crippen molar-refractivity contribution in [2.45, 2.75) is 24.7 Å². The minimum Gasteiger partial charge on any atom is -0.396 e. The van der Waals surface area contributed by atoms with Gasteiger partial charge in [-0.25, -0.2) is 0 Å². The summed E-state index contributed by atoms with van der Waals surface area (Å²) in [6.07, 6.45) is 3.38. The fourth-order valence-electron chi connectivity index (χ4n) is 3.34. The molecular weight excluding hydrogens is 196 g/mol. The summed E-state index contributed by atoms with van der Waals surface area (Å²) in [6, 6.07) is 8.11. The summed E-state index contributed by atoms with van der Waals surface area (Å²) in [4.78, 5) is 0. The van der Waals surface area contributed by atoms with Crippen LogP contribution >= 0.6 is 11.6 Å². The van der Waals surface area contributed by atoms with Gasteiger partial charge in [0.25, 0.3) is 0 Å². The highest BCUT2D eigenvalue weighted by Gasteiger charge is 2.68. The van der Waals surface area contributed by atoms with Gasteiger partial charge in [-0.2, -0.15) is 0 Å². The molecule has 0 aromatic heterocycles. The van der Waals surface area contributed by atoms with Crippen molar-refractivity contribution in [2.75, 3.05) is 6.61 Å². The average Bonchev–Trinajstić information content (AvgIpc) is 2.04. The van der Waals surface area contributed by atoms with Crippen LogP contribution in [0.3, 0.4) is 0 Å². The maximum absolute atomic E-state index is 9.18. The van der Waals surface area contributed by atoms with Crippen LogP contribution in [0.5, 0.6) is 0 Å². The molecule has 0 amide bonds. The van der Waals surface area contributed by atoms with Crippen molar-refractivity contribution in [3.8, 4) is 0 Å². The Morgan fingerprint density at radius 3 is 2.43 bits per heavy atom. The van der Waals surface area contributed by atoms with Gasteiger partial charge in [-0.3, -0.25) is 0 Å². The zero-order chi connectivity index (χ0) is 9.81. The molecule has 2 heteroatoms. The van der Waals surface area contributed by atoms with Crippen LogP contribution < -0.4 is 0 Å². The molecule has 1 aromatic rings. The molecule has 4 rings (SSSR count). The number of hydrogen-bond donors (Lipinski definition) is 1. The number of halogens is 1. The quantitative estimate of drug-likeness (QED) is 0.793. The third-order valence-corrected chi connectivity index (χ3v) is 4.25. The highest BCUT2D eigenvalue weighted by molar-refractivity contribution is 6.31. The van der Waals surface area contributed by atoms with Gasteiger partial charge in [-0.05, 0) is 41.7 Å². The Hall–Kier alpha value is -0.530. The molecule has 74 valence electrons. The van der Waals surface area contributed by atoms with Gasteiger partial charge in [0.15, 0.2) is 0 Å². The highest BCUT2D eigenvalue weighted by atomic mass is 35.5. The number of aliphatic hydroxyl groups excluding tert-OH is 1. The van der Waals surface area contributed by atoms with Gasteiger partial charge in [0, 0.05) is 11.6 Å². The average molecular weight is 209 g/mol. The van der Waals surface area contributed by atoms with Crippen molar-refractivity contribution in [3.63, 3.8) is 0 Å². The summed E-state index contributed by atoms with van der Waals surface area (Å²) in [5.74, 6) is 0. The zero-order valence-electron chi connectivity index (χ0n) is 7.96. The van der Waals surface area contributed by atoms with Crippen molar-refractivity contribution in [2.24, 2.45) is 5.41 Å². The molecule has 1 nitrogen and oxygen atoms in total. The van der Waals surface area contributed by atoms with Crippen LogP contribution in [0.25, 0.3) is 0 Å². The van der Waals surface area contributed by atoms with Crippen LogP contribution in [-0.2, 0) is 5.41 Å². The van der Waals surface area contributed by atoms with Crippen LogP contribution in [0.4, 0.5) is 0 Å². The Labute approximate surface area is 88.7 Å². The molecule has 0 spiro atoms. The molecule has 3 aliphatic rings. The summed E-state index contributed by atoms with van der Waals surface area (Å²) >= 11 is 6.17. The van der Waals surface area contributed by atoms with E-state index in [9.17, 15) is 5.11 Å². The van der Waals surface area contributed by atoms with Crippen LogP contribution in [0.15, 0.2) is 24.3 Å². The van der Waals surface area contributed by atoms with E-state index in [0.29, 0.717) is 12.0 Å². The molecule has 0 atom stereocenters. The molecule has 2 bridgehead atoms. The summed E-state index contributed by atoms with van der Waals surface area (Å²) in [5, 5.41) is 10.1. The van der Waals surface area contributed by atoms with E-state index in [4.69, 9.17) is 11.6 Å². The third kappa shape index (κ3) is 0.896. The first-order valence-corrected chi connectivity index (χ1v) is 5.44. The third-order valence-electron chi connectivity index (χ3n) is 3.92. The molecule has 0 heterocycles. The van der Waals surface area contributed by atoms with Gasteiger partial charge in [0.2, 0.25) is 0 Å².